The van der Waals surface area contributed by atoms with Gasteiger partial charge in [0.2, 0.25) is 0 Å². The summed E-state index contributed by atoms with van der Waals surface area (Å²) in [6, 6.07) is 13.2. The molecule has 1 aliphatic heterocycles. The van der Waals surface area contributed by atoms with E-state index in [1.165, 1.54) is 0 Å². The van der Waals surface area contributed by atoms with Crippen LogP contribution in [0.2, 0.25) is 5.02 Å². The highest BCUT2D eigenvalue weighted by Crippen LogP contribution is 2.37. The summed E-state index contributed by atoms with van der Waals surface area (Å²) in [5, 5.41) is 28.6. The summed E-state index contributed by atoms with van der Waals surface area (Å²) in [6.45, 7) is 10.2. The lowest BCUT2D eigenvalue weighted by Gasteiger charge is -2.37. The first-order valence-corrected chi connectivity index (χ1v) is 14.5. The molecule has 1 aliphatic rings. The molecule has 0 saturated carbocycles. The van der Waals surface area contributed by atoms with Crippen LogP contribution in [0.5, 0.6) is 0 Å². The van der Waals surface area contributed by atoms with Crippen LogP contribution in [0.15, 0.2) is 59.8 Å². The summed E-state index contributed by atoms with van der Waals surface area (Å²) < 4.78 is 8.87. The van der Waals surface area contributed by atoms with Crippen molar-refractivity contribution in [2.24, 2.45) is 12.5 Å². The van der Waals surface area contributed by atoms with E-state index in [9.17, 15) is 10.1 Å². The van der Waals surface area contributed by atoms with Gasteiger partial charge in [0, 0.05) is 42.4 Å². The van der Waals surface area contributed by atoms with Gasteiger partial charge in [0.15, 0.2) is 0 Å². The number of halogens is 1. The third-order valence-electron chi connectivity index (χ3n) is 7.80. The van der Waals surface area contributed by atoms with E-state index in [1.54, 1.807) is 24.0 Å². The Morgan fingerprint density at radius 3 is 2.67 bits per heavy atom. The zero-order valence-electron chi connectivity index (χ0n) is 24.8. The van der Waals surface area contributed by atoms with E-state index < -0.39 is 6.04 Å². The number of aromatic nitrogens is 5. The SMILES string of the molecule is Cn1ccc2c([C@H](Nc3cc(Cl)c4ncc(C#N)c(NCC(C)(C)C)c4c3)c3cn(C4(C)COC4)nn3)cccc2c1=O. The molecular weight excluding hydrogens is 564 g/mol. The number of benzene rings is 2. The van der Waals surface area contributed by atoms with Crippen molar-refractivity contribution in [1.82, 2.24) is 24.5 Å². The van der Waals surface area contributed by atoms with Gasteiger partial charge in [0.1, 0.15) is 17.3 Å². The highest BCUT2D eigenvalue weighted by Gasteiger charge is 2.37. The molecule has 0 bridgehead atoms. The summed E-state index contributed by atoms with van der Waals surface area (Å²) in [5.41, 5.74) is 3.57. The predicted molar refractivity (Wildman–Crippen MR) is 169 cm³/mol. The smallest absolute Gasteiger partial charge is 0.258 e. The normalized spacial score (nSPS) is 15.2. The standard InChI is InChI=1S/C32H33ClN8O2/c1-31(2,3)16-36-27-19(13-34)14-35-28-24(27)11-20(12-25(28)33)37-29(26-15-41(39-38-26)32(4)17-43-18-32)22-7-6-8-23-21(22)9-10-40(5)30(23)42/h6-12,14-15,29,37H,16-18H2,1-5H3,(H,35,36)/t29-/m0/s1. The minimum absolute atomic E-state index is 0.0214. The average molecular weight is 597 g/mol. The van der Waals surface area contributed by atoms with Crippen molar-refractivity contribution >= 4 is 44.7 Å². The van der Waals surface area contributed by atoms with E-state index in [-0.39, 0.29) is 16.5 Å². The number of pyridine rings is 2. The van der Waals surface area contributed by atoms with Gasteiger partial charge in [-0.2, -0.15) is 5.26 Å². The Labute approximate surface area is 254 Å². The first kappa shape index (κ1) is 28.6. The Balaban J connectivity index is 1.51. The molecule has 4 heterocycles. The lowest BCUT2D eigenvalue weighted by molar-refractivity contribution is -0.0965. The summed E-state index contributed by atoms with van der Waals surface area (Å²) in [4.78, 5) is 17.5. The monoisotopic (exact) mass is 596 g/mol. The van der Waals surface area contributed by atoms with E-state index in [1.807, 2.05) is 47.3 Å². The van der Waals surface area contributed by atoms with Crippen LogP contribution in [0, 0.1) is 16.7 Å². The Kier molecular flexibility index (Phi) is 7.11. The Morgan fingerprint density at radius 1 is 1.19 bits per heavy atom. The van der Waals surface area contributed by atoms with Crippen LogP contribution in [0.25, 0.3) is 21.7 Å². The number of hydrogen-bond donors (Lipinski definition) is 2. The molecule has 0 spiro atoms. The summed E-state index contributed by atoms with van der Waals surface area (Å²) in [6.07, 6.45) is 5.24. The van der Waals surface area contributed by atoms with E-state index in [4.69, 9.17) is 16.3 Å². The van der Waals surface area contributed by atoms with E-state index in [2.05, 4.69) is 59.7 Å². The van der Waals surface area contributed by atoms with Crippen molar-refractivity contribution in [2.75, 3.05) is 30.4 Å². The highest BCUT2D eigenvalue weighted by atomic mass is 35.5. The van der Waals surface area contributed by atoms with Gasteiger partial charge in [0.25, 0.3) is 5.56 Å². The third-order valence-corrected chi connectivity index (χ3v) is 8.09. The molecule has 5 aromatic rings. The minimum atomic E-state index is -0.485. The number of aryl methyl sites for hydroxylation is 1. The predicted octanol–water partition coefficient (Wildman–Crippen LogP) is 5.61. The van der Waals surface area contributed by atoms with Crippen LogP contribution in [0.4, 0.5) is 11.4 Å². The third kappa shape index (κ3) is 5.31. The van der Waals surface area contributed by atoms with Crippen LogP contribution < -0.4 is 16.2 Å². The van der Waals surface area contributed by atoms with E-state index in [0.717, 1.165) is 16.3 Å². The first-order valence-electron chi connectivity index (χ1n) is 14.1. The maximum atomic E-state index is 13.0. The quantitative estimate of drug-likeness (QED) is 0.249. The minimum Gasteiger partial charge on any atom is -0.383 e. The number of nitrogens with zero attached hydrogens (tertiary/aromatic N) is 6. The molecule has 1 saturated heterocycles. The van der Waals surface area contributed by atoms with Gasteiger partial charge >= 0.3 is 0 Å². The average Bonchev–Trinajstić information content (AvgIpc) is 3.45. The molecule has 0 amide bonds. The molecule has 6 rings (SSSR count). The van der Waals surface area contributed by atoms with E-state index in [0.29, 0.717) is 58.3 Å². The molecule has 0 unspecified atom stereocenters. The number of hydrogen-bond acceptors (Lipinski definition) is 8. The molecule has 0 aliphatic carbocycles. The van der Waals surface area contributed by atoms with Gasteiger partial charge in [-0.25, -0.2) is 4.68 Å². The Morgan fingerprint density at radius 2 is 1.98 bits per heavy atom. The second-order valence-electron chi connectivity index (χ2n) is 12.6. The second kappa shape index (κ2) is 10.7. The molecule has 1 fully saturated rings. The van der Waals surface area contributed by atoms with Crippen LogP contribution in [0.3, 0.4) is 0 Å². The van der Waals surface area contributed by atoms with Crippen LogP contribution >= 0.6 is 11.6 Å². The molecule has 43 heavy (non-hydrogen) atoms. The lowest BCUT2D eigenvalue weighted by atomic mass is 9.96. The summed E-state index contributed by atoms with van der Waals surface area (Å²) >= 11 is 6.82. The number of rotatable bonds is 7. The first-order chi connectivity index (χ1) is 20.5. The number of nitrogens with one attached hydrogen (secondary N) is 2. The highest BCUT2D eigenvalue weighted by molar-refractivity contribution is 6.35. The van der Waals surface area contributed by atoms with Gasteiger partial charge < -0.3 is 19.9 Å². The fourth-order valence-electron chi connectivity index (χ4n) is 5.30. The molecular formula is C32H33ClN8O2. The van der Waals surface area contributed by atoms with Gasteiger partial charge in [-0.05, 0) is 47.6 Å². The van der Waals surface area contributed by atoms with Crippen molar-refractivity contribution in [2.45, 2.75) is 39.3 Å². The van der Waals surface area contributed by atoms with Crippen molar-refractivity contribution in [3.8, 4) is 6.07 Å². The molecule has 2 aromatic carbocycles. The zero-order valence-corrected chi connectivity index (χ0v) is 25.5. The topological polar surface area (TPSA) is 123 Å². The maximum absolute atomic E-state index is 13.0. The fourth-order valence-corrected chi connectivity index (χ4v) is 5.57. The summed E-state index contributed by atoms with van der Waals surface area (Å²) in [7, 11) is 1.74. The molecule has 2 N–H and O–H groups in total. The van der Waals surface area contributed by atoms with Crippen LogP contribution in [-0.2, 0) is 17.3 Å². The molecule has 1 atom stereocenters. The van der Waals surface area contributed by atoms with Crippen molar-refractivity contribution < 1.29 is 4.74 Å². The van der Waals surface area contributed by atoms with E-state index >= 15 is 0 Å². The number of anilines is 2. The van der Waals surface area contributed by atoms with Crippen molar-refractivity contribution in [3.05, 3.63) is 87.2 Å². The number of nitriles is 1. The maximum Gasteiger partial charge on any atom is 0.258 e. The van der Waals surface area contributed by atoms with Gasteiger partial charge in [0.05, 0.1) is 47.2 Å². The van der Waals surface area contributed by atoms with Gasteiger partial charge in [-0.15, -0.1) is 5.10 Å². The molecule has 10 nitrogen and oxygen atoms in total. The van der Waals surface area contributed by atoms with Crippen molar-refractivity contribution in [3.63, 3.8) is 0 Å². The van der Waals surface area contributed by atoms with Crippen LogP contribution in [-0.4, -0.2) is 44.3 Å². The molecule has 3 aromatic heterocycles. The molecule has 11 heteroatoms. The Hall–Kier alpha value is -4.46. The zero-order chi connectivity index (χ0) is 30.5. The number of fused-ring (bicyclic) bond motifs is 2. The second-order valence-corrected chi connectivity index (χ2v) is 13.0. The largest absolute Gasteiger partial charge is 0.383 e. The Bertz CT molecular complexity index is 1960. The van der Waals surface area contributed by atoms with Gasteiger partial charge in [-0.1, -0.05) is 49.7 Å². The fraction of sp³-hybridized carbons (Fsp3) is 0.344. The summed E-state index contributed by atoms with van der Waals surface area (Å²) in [5.74, 6) is 0. The van der Waals surface area contributed by atoms with Crippen molar-refractivity contribution in [1.29, 1.82) is 5.26 Å². The molecule has 0 radical (unpaired) electrons. The van der Waals surface area contributed by atoms with Gasteiger partial charge in [-0.3, -0.25) is 9.78 Å². The molecule has 220 valence electrons. The lowest BCUT2D eigenvalue weighted by Crippen LogP contribution is -2.49. The van der Waals surface area contributed by atoms with Crippen LogP contribution in [0.1, 0.15) is 50.6 Å². The number of ether oxygens (including phenoxy) is 1.